The van der Waals surface area contributed by atoms with Gasteiger partial charge in [-0.05, 0) is 44.0 Å². The van der Waals surface area contributed by atoms with Crippen molar-refractivity contribution in [1.29, 1.82) is 0 Å². The SMILES string of the molecule is CCOc1ccc(C(=O)Nc2cccc(C)c2C)nn1. The Labute approximate surface area is 118 Å². The van der Waals surface area contributed by atoms with Gasteiger partial charge in [-0.3, -0.25) is 4.79 Å². The molecule has 0 saturated carbocycles. The van der Waals surface area contributed by atoms with E-state index in [2.05, 4.69) is 15.5 Å². The Hall–Kier alpha value is -2.43. The molecule has 0 radical (unpaired) electrons. The van der Waals surface area contributed by atoms with Crippen molar-refractivity contribution in [3.8, 4) is 5.88 Å². The van der Waals surface area contributed by atoms with Crippen molar-refractivity contribution in [3.63, 3.8) is 0 Å². The van der Waals surface area contributed by atoms with Gasteiger partial charge in [-0.25, -0.2) is 0 Å². The number of aromatic nitrogens is 2. The first kappa shape index (κ1) is 14.0. The first-order chi connectivity index (χ1) is 9.61. The minimum atomic E-state index is -0.283. The van der Waals surface area contributed by atoms with Crippen LogP contribution in [0.5, 0.6) is 5.88 Å². The largest absolute Gasteiger partial charge is 0.477 e. The minimum Gasteiger partial charge on any atom is -0.477 e. The monoisotopic (exact) mass is 271 g/mol. The molecule has 0 unspecified atom stereocenters. The molecule has 1 heterocycles. The fraction of sp³-hybridized carbons (Fsp3) is 0.267. The Morgan fingerprint density at radius 1 is 1.20 bits per heavy atom. The number of hydrogen-bond acceptors (Lipinski definition) is 4. The molecule has 0 aliphatic heterocycles. The number of rotatable bonds is 4. The molecule has 2 aromatic rings. The molecule has 1 aromatic carbocycles. The zero-order chi connectivity index (χ0) is 14.5. The Bertz CT molecular complexity index is 609. The average molecular weight is 271 g/mol. The van der Waals surface area contributed by atoms with Crippen molar-refractivity contribution in [2.45, 2.75) is 20.8 Å². The van der Waals surface area contributed by atoms with Crippen molar-refractivity contribution in [2.24, 2.45) is 0 Å². The van der Waals surface area contributed by atoms with E-state index in [-0.39, 0.29) is 11.6 Å². The summed E-state index contributed by atoms with van der Waals surface area (Å²) >= 11 is 0. The van der Waals surface area contributed by atoms with Gasteiger partial charge in [0.1, 0.15) is 0 Å². The van der Waals surface area contributed by atoms with Gasteiger partial charge in [0.2, 0.25) is 5.88 Å². The van der Waals surface area contributed by atoms with E-state index < -0.39 is 0 Å². The molecule has 104 valence electrons. The second-order valence-corrected chi connectivity index (χ2v) is 4.39. The van der Waals surface area contributed by atoms with Crippen LogP contribution in [-0.4, -0.2) is 22.7 Å². The predicted octanol–water partition coefficient (Wildman–Crippen LogP) is 2.74. The van der Waals surface area contributed by atoms with Gasteiger partial charge in [-0.15, -0.1) is 10.2 Å². The predicted molar refractivity (Wildman–Crippen MR) is 77.1 cm³/mol. The molecule has 0 fully saturated rings. The second kappa shape index (κ2) is 6.14. The van der Waals surface area contributed by atoms with E-state index in [4.69, 9.17) is 4.74 Å². The van der Waals surface area contributed by atoms with Crippen molar-refractivity contribution >= 4 is 11.6 Å². The summed E-state index contributed by atoms with van der Waals surface area (Å²) in [5, 5.41) is 10.5. The molecule has 0 aliphatic carbocycles. The van der Waals surface area contributed by atoms with Gasteiger partial charge in [0.05, 0.1) is 6.61 Å². The van der Waals surface area contributed by atoms with Crippen molar-refractivity contribution in [1.82, 2.24) is 10.2 Å². The van der Waals surface area contributed by atoms with Gasteiger partial charge in [0, 0.05) is 11.8 Å². The van der Waals surface area contributed by atoms with Crippen LogP contribution in [0.3, 0.4) is 0 Å². The Morgan fingerprint density at radius 2 is 2.00 bits per heavy atom. The fourth-order valence-corrected chi connectivity index (χ4v) is 1.74. The maximum Gasteiger partial charge on any atom is 0.276 e. The van der Waals surface area contributed by atoms with Crippen LogP contribution in [-0.2, 0) is 0 Å². The zero-order valence-corrected chi connectivity index (χ0v) is 11.8. The smallest absolute Gasteiger partial charge is 0.276 e. The number of aryl methyl sites for hydroxylation is 1. The van der Waals surface area contributed by atoms with Crippen LogP contribution in [0.2, 0.25) is 0 Å². The molecule has 0 bridgehead atoms. The first-order valence-corrected chi connectivity index (χ1v) is 6.46. The summed E-state index contributed by atoms with van der Waals surface area (Å²) in [4.78, 5) is 12.1. The zero-order valence-electron chi connectivity index (χ0n) is 11.8. The lowest BCUT2D eigenvalue weighted by Gasteiger charge is -2.09. The number of hydrogen-bond donors (Lipinski definition) is 1. The highest BCUT2D eigenvalue weighted by molar-refractivity contribution is 6.03. The van der Waals surface area contributed by atoms with Crippen molar-refractivity contribution in [2.75, 3.05) is 11.9 Å². The number of amides is 1. The van der Waals surface area contributed by atoms with E-state index in [9.17, 15) is 4.79 Å². The van der Waals surface area contributed by atoms with E-state index >= 15 is 0 Å². The molecule has 1 aromatic heterocycles. The van der Waals surface area contributed by atoms with Gasteiger partial charge in [-0.1, -0.05) is 12.1 Å². The number of carbonyl (C=O) groups excluding carboxylic acids is 1. The van der Waals surface area contributed by atoms with Crippen LogP contribution in [0.15, 0.2) is 30.3 Å². The van der Waals surface area contributed by atoms with Gasteiger partial charge < -0.3 is 10.1 Å². The highest BCUT2D eigenvalue weighted by Gasteiger charge is 2.10. The number of nitrogens with one attached hydrogen (secondary N) is 1. The molecular weight excluding hydrogens is 254 g/mol. The van der Waals surface area contributed by atoms with Crippen LogP contribution < -0.4 is 10.1 Å². The van der Waals surface area contributed by atoms with Gasteiger partial charge in [-0.2, -0.15) is 0 Å². The molecule has 0 aliphatic rings. The Kier molecular flexibility index (Phi) is 4.30. The number of carbonyl (C=O) groups is 1. The third kappa shape index (κ3) is 3.12. The fourth-order valence-electron chi connectivity index (χ4n) is 1.74. The molecule has 20 heavy (non-hydrogen) atoms. The summed E-state index contributed by atoms with van der Waals surface area (Å²) in [7, 11) is 0. The van der Waals surface area contributed by atoms with Gasteiger partial charge in [0.15, 0.2) is 5.69 Å². The summed E-state index contributed by atoms with van der Waals surface area (Å²) in [6.07, 6.45) is 0. The van der Waals surface area contributed by atoms with E-state index in [1.165, 1.54) is 0 Å². The quantitative estimate of drug-likeness (QED) is 0.928. The number of anilines is 1. The van der Waals surface area contributed by atoms with Gasteiger partial charge in [0.25, 0.3) is 5.91 Å². The van der Waals surface area contributed by atoms with Crippen LogP contribution in [0, 0.1) is 13.8 Å². The molecule has 5 nitrogen and oxygen atoms in total. The average Bonchev–Trinajstić information content (AvgIpc) is 2.45. The summed E-state index contributed by atoms with van der Waals surface area (Å²) in [6.45, 7) is 6.35. The minimum absolute atomic E-state index is 0.259. The van der Waals surface area contributed by atoms with Gasteiger partial charge >= 0.3 is 0 Å². The normalized spacial score (nSPS) is 10.2. The molecule has 1 amide bonds. The van der Waals surface area contributed by atoms with Crippen molar-refractivity contribution < 1.29 is 9.53 Å². The van der Waals surface area contributed by atoms with E-state index in [0.29, 0.717) is 12.5 Å². The van der Waals surface area contributed by atoms with Crippen molar-refractivity contribution in [3.05, 3.63) is 47.2 Å². The third-order valence-corrected chi connectivity index (χ3v) is 3.02. The first-order valence-electron chi connectivity index (χ1n) is 6.46. The number of nitrogens with zero attached hydrogens (tertiary/aromatic N) is 2. The molecule has 0 saturated heterocycles. The Morgan fingerprint density at radius 3 is 2.65 bits per heavy atom. The summed E-state index contributed by atoms with van der Waals surface area (Å²) in [5.41, 5.74) is 3.21. The summed E-state index contributed by atoms with van der Waals surface area (Å²) < 4.78 is 5.19. The molecular formula is C15H17N3O2. The van der Waals surface area contributed by atoms with Crippen LogP contribution in [0.25, 0.3) is 0 Å². The third-order valence-electron chi connectivity index (χ3n) is 3.02. The second-order valence-electron chi connectivity index (χ2n) is 4.39. The van der Waals surface area contributed by atoms with Crippen LogP contribution >= 0.6 is 0 Å². The molecule has 1 N–H and O–H groups in total. The lowest BCUT2D eigenvalue weighted by molar-refractivity contribution is 0.102. The summed E-state index contributed by atoms with van der Waals surface area (Å²) in [5.74, 6) is 0.130. The van der Waals surface area contributed by atoms with Crippen LogP contribution in [0.4, 0.5) is 5.69 Å². The van der Waals surface area contributed by atoms with E-state index in [1.54, 1.807) is 12.1 Å². The topological polar surface area (TPSA) is 64.1 Å². The van der Waals surface area contributed by atoms with Crippen LogP contribution in [0.1, 0.15) is 28.5 Å². The highest BCUT2D eigenvalue weighted by Crippen LogP contribution is 2.18. The molecule has 5 heteroatoms. The lowest BCUT2D eigenvalue weighted by atomic mass is 10.1. The highest BCUT2D eigenvalue weighted by atomic mass is 16.5. The van der Waals surface area contributed by atoms with E-state index in [1.807, 2.05) is 39.0 Å². The van der Waals surface area contributed by atoms with E-state index in [0.717, 1.165) is 16.8 Å². The molecule has 0 atom stereocenters. The molecule has 0 spiro atoms. The number of benzene rings is 1. The maximum absolute atomic E-state index is 12.1. The molecule has 2 rings (SSSR count). The number of ether oxygens (including phenoxy) is 1. The Balaban J connectivity index is 2.13. The summed E-state index contributed by atoms with van der Waals surface area (Å²) in [6, 6.07) is 9.00. The standard InChI is InChI=1S/C15H17N3O2/c1-4-20-14-9-8-13(17-18-14)15(19)16-12-7-5-6-10(2)11(12)3/h5-9H,4H2,1-3H3,(H,16,19). The maximum atomic E-state index is 12.1. The lowest BCUT2D eigenvalue weighted by Crippen LogP contribution is -2.15.